The Bertz CT molecular complexity index is 472. The fraction of sp³-hybridized carbons (Fsp3) is 0.250. The molecule has 0 unspecified atom stereocenters. The maximum absolute atomic E-state index is 12.4. The molecule has 0 aliphatic carbocycles. The van der Waals surface area contributed by atoms with E-state index >= 15 is 0 Å². The van der Waals surface area contributed by atoms with E-state index in [0.29, 0.717) is 5.65 Å². The number of pyridine rings is 1. The van der Waals surface area contributed by atoms with Gasteiger partial charge >= 0.3 is 6.18 Å². The highest BCUT2D eigenvalue weighted by Gasteiger charge is 2.32. The minimum Gasteiger partial charge on any atom is -0.288 e. The summed E-state index contributed by atoms with van der Waals surface area (Å²) in [4.78, 5) is 0. The van der Waals surface area contributed by atoms with Crippen LogP contribution < -0.4 is 0 Å². The molecule has 3 nitrogen and oxygen atoms in total. The van der Waals surface area contributed by atoms with Crippen molar-refractivity contribution in [1.29, 1.82) is 0 Å². The van der Waals surface area contributed by atoms with Gasteiger partial charge in [0.25, 0.3) is 0 Å². The average molecular weight is 201 g/mol. The van der Waals surface area contributed by atoms with E-state index in [2.05, 4.69) is 10.2 Å². The lowest BCUT2D eigenvalue weighted by Crippen LogP contribution is -2.08. The van der Waals surface area contributed by atoms with Gasteiger partial charge in [0, 0.05) is 6.20 Å². The zero-order chi connectivity index (χ0) is 10.3. The van der Waals surface area contributed by atoms with Crippen molar-refractivity contribution in [2.75, 3.05) is 0 Å². The van der Waals surface area contributed by atoms with E-state index in [9.17, 15) is 13.2 Å². The zero-order valence-corrected chi connectivity index (χ0v) is 7.21. The predicted octanol–water partition coefficient (Wildman–Crippen LogP) is 2.06. The summed E-state index contributed by atoms with van der Waals surface area (Å²) in [5.41, 5.74) is -0.0988. The third-order valence-electron chi connectivity index (χ3n) is 1.94. The molecule has 0 radical (unpaired) electrons. The number of aromatic nitrogens is 3. The van der Waals surface area contributed by atoms with E-state index in [4.69, 9.17) is 0 Å². The van der Waals surface area contributed by atoms with E-state index in [1.54, 1.807) is 0 Å². The Morgan fingerprint density at radius 3 is 2.71 bits per heavy atom. The first-order chi connectivity index (χ1) is 6.48. The molecule has 2 aromatic rings. The van der Waals surface area contributed by atoms with Crippen LogP contribution in [0.15, 0.2) is 18.6 Å². The molecular weight excluding hydrogens is 195 g/mol. The number of fused-ring (bicyclic) bond motifs is 1. The standard InChI is InChI=1S/C8H6F3N3/c1-5-2-7-13-12-4-14(7)3-6(5)8(9,10)11/h2-4H,1H3. The lowest BCUT2D eigenvalue weighted by atomic mass is 10.1. The van der Waals surface area contributed by atoms with Crippen molar-refractivity contribution >= 4 is 5.65 Å². The van der Waals surface area contributed by atoms with Crippen LogP contribution in [-0.4, -0.2) is 14.6 Å². The van der Waals surface area contributed by atoms with Gasteiger partial charge in [0.2, 0.25) is 0 Å². The molecule has 0 aliphatic heterocycles. The first kappa shape index (κ1) is 8.98. The molecule has 0 aromatic carbocycles. The van der Waals surface area contributed by atoms with Crippen LogP contribution in [0.2, 0.25) is 0 Å². The smallest absolute Gasteiger partial charge is 0.288 e. The SMILES string of the molecule is Cc1cc2nncn2cc1C(F)(F)F. The highest BCUT2D eigenvalue weighted by molar-refractivity contribution is 5.43. The Kier molecular flexibility index (Phi) is 1.73. The third-order valence-corrected chi connectivity index (χ3v) is 1.94. The highest BCUT2D eigenvalue weighted by atomic mass is 19.4. The minimum absolute atomic E-state index is 0.151. The molecule has 0 amide bonds. The van der Waals surface area contributed by atoms with Gasteiger partial charge < -0.3 is 0 Å². The molecule has 0 saturated carbocycles. The second-order valence-corrected chi connectivity index (χ2v) is 2.96. The second-order valence-electron chi connectivity index (χ2n) is 2.96. The molecule has 0 aliphatic rings. The van der Waals surface area contributed by atoms with Crippen LogP contribution in [0.4, 0.5) is 13.2 Å². The van der Waals surface area contributed by atoms with E-state index in [1.807, 2.05) is 0 Å². The fourth-order valence-corrected chi connectivity index (χ4v) is 1.26. The van der Waals surface area contributed by atoms with Crippen molar-refractivity contribution in [1.82, 2.24) is 14.6 Å². The molecule has 0 saturated heterocycles. The van der Waals surface area contributed by atoms with Crippen LogP contribution in [0.3, 0.4) is 0 Å². The number of halogens is 3. The summed E-state index contributed by atoms with van der Waals surface area (Å²) >= 11 is 0. The van der Waals surface area contributed by atoms with Gasteiger partial charge in [0.05, 0.1) is 5.56 Å². The number of hydrogen-bond donors (Lipinski definition) is 0. The Hall–Kier alpha value is -1.59. The van der Waals surface area contributed by atoms with Crippen LogP contribution in [0.5, 0.6) is 0 Å². The molecule has 6 heteroatoms. The summed E-state index contributed by atoms with van der Waals surface area (Å²) in [5, 5.41) is 7.16. The summed E-state index contributed by atoms with van der Waals surface area (Å²) in [6, 6.07) is 1.36. The van der Waals surface area contributed by atoms with Crippen molar-refractivity contribution in [2.45, 2.75) is 13.1 Å². The molecule has 2 aromatic heterocycles. The summed E-state index contributed by atoms with van der Waals surface area (Å²) in [5.74, 6) is 0. The topological polar surface area (TPSA) is 30.2 Å². The van der Waals surface area contributed by atoms with E-state index in [1.165, 1.54) is 23.7 Å². The van der Waals surface area contributed by atoms with E-state index in [-0.39, 0.29) is 5.56 Å². The van der Waals surface area contributed by atoms with Crippen LogP contribution in [0.25, 0.3) is 5.65 Å². The first-order valence-electron chi connectivity index (χ1n) is 3.85. The van der Waals surface area contributed by atoms with E-state index < -0.39 is 11.7 Å². The Morgan fingerprint density at radius 2 is 2.07 bits per heavy atom. The van der Waals surface area contributed by atoms with Crippen molar-refractivity contribution < 1.29 is 13.2 Å². The van der Waals surface area contributed by atoms with Gasteiger partial charge in [-0.05, 0) is 18.6 Å². The van der Waals surface area contributed by atoms with Gasteiger partial charge in [-0.25, -0.2) is 0 Å². The maximum atomic E-state index is 12.4. The molecular formula is C8H6F3N3. The van der Waals surface area contributed by atoms with Crippen LogP contribution in [-0.2, 0) is 6.18 Å². The van der Waals surface area contributed by atoms with Gasteiger partial charge in [-0.1, -0.05) is 0 Å². The van der Waals surface area contributed by atoms with Gasteiger partial charge in [0.15, 0.2) is 5.65 Å². The monoisotopic (exact) mass is 201 g/mol. The second kappa shape index (κ2) is 2.70. The molecule has 0 N–H and O–H groups in total. The number of nitrogens with zero attached hydrogens (tertiary/aromatic N) is 3. The van der Waals surface area contributed by atoms with Crippen molar-refractivity contribution in [3.8, 4) is 0 Å². The minimum atomic E-state index is -4.33. The molecule has 0 spiro atoms. The normalized spacial score (nSPS) is 12.3. The van der Waals surface area contributed by atoms with Gasteiger partial charge in [0.1, 0.15) is 6.33 Å². The lowest BCUT2D eigenvalue weighted by molar-refractivity contribution is -0.138. The summed E-state index contributed by atoms with van der Waals surface area (Å²) < 4.78 is 38.5. The zero-order valence-electron chi connectivity index (χ0n) is 7.21. The Balaban J connectivity index is 2.71. The Labute approximate surface area is 77.2 Å². The molecule has 14 heavy (non-hydrogen) atoms. The van der Waals surface area contributed by atoms with Crippen LogP contribution in [0.1, 0.15) is 11.1 Å². The molecule has 0 fully saturated rings. The fourth-order valence-electron chi connectivity index (χ4n) is 1.26. The number of hydrogen-bond acceptors (Lipinski definition) is 2. The van der Waals surface area contributed by atoms with Crippen LogP contribution in [0, 0.1) is 6.92 Å². The predicted molar refractivity (Wildman–Crippen MR) is 42.7 cm³/mol. The molecule has 2 rings (SSSR count). The van der Waals surface area contributed by atoms with Gasteiger partial charge in [-0.3, -0.25) is 4.40 Å². The molecule has 0 atom stereocenters. The first-order valence-corrected chi connectivity index (χ1v) is 3.85. The third kappa shape index (κ3) is 1.32. The summed E-state index contributed by atoms with van der Waals surface area (Å²) in [6.07, 6.45) is -2.10. The number of rotatable bonds is 0. The molecule has 2 heterocycles. The van der Waals surface area contributed by atoms with E-state index in [0.717, 1.165) is 6.20 Å². The van der Waals surface area contributed by atoms with Crippen molar-refractivity contribution in [3.05, 3.63) is 29.7 Å². The lowest BCUT2D eigenvalue weighted by Gasteiger charge is -2.09. The van der Waals surface area contributed by atoms with Crippen molar-refractivity contribution in [3.63, 3.8) is 0 Å². The summed E-state index contributed by atoms with van der Waals surface area (Å²) in [6.45, 7) is 1.40. The average Bonchev–Trinajstić information content (AvgIpc) is 2.47. The highest BCUT2D eigenvalue weighted by Crippen LogP contribution is 2.31. The van der Waals surface area contributed by atoms with Gasteiger partial charge in [-0.15, -0.1) is 10.2 Å². The quantitative estimate of drug-likeness (QED) is 0.653. The molecule has 0 bridgehead atoms. The largest absolute Gasteiger partial charge is 0.418 e. The number of alkyl halides is 3. The summed E-state index contributed by atoms with van der Waals surface area (Å²) in [7, 11) is 0. The van der Waals surface area contributed by atoms with Crippen LogP contribution >= 0.6 is 0 Å². The molecule has 74 valence electrons. The maximum Gasteiger partial charge on any atom is 0.418 e. The number of aryl methyl sites for hydroxylation is 1. The van der Waals surface area contributed by atoms with Crippen molar-refractivity contribution in [2.24, 2.45) is 0 Å². The van der Waals surface area contributed by atoms with Gasteiger partial charge in [-0.2, -0.15) is 13.2 Å². The Morgan fingerprint density at radius 1 is 1.36 bits per heavy atom.